The van der Waals surface area contributed by atoms with Crippen molar-refractivity contribution in [3.05, 3.63) is 35.1 Å². The topological polar surface area (TPSA) is 92.4 Å². The molecule has 0 radical (unpaired) electrons. The zero-order valence-electron chi connectivity index (χ0n) is 12.1. The van der Waals surface area contributed by atoms with Crippen LogP contribution in [0.3, 0.4) is 0 Å². The molecule has 0 saturated carbocycles. The Morgan fingerprint density at radius 2 is 2.10 bits per heavy atom. The first kappa shape index (κ1) is 17.1. The average molecular weight is 296 g/mol. The summed E-state index contributed by atoms with van der Waals surface area (Å²) >= 11 is 0. The maximum absolute atomic E-state index is 13.7. The maximum Gasteiger partial charge on any atom is 0.303 e. The number of rotatable bonds is 9. The van der Waals surface area contributed by atoms with Crippen molar-refractivity contribution in [3.8, 4) is 0 Å². The summed E-state index contributed by atoms with van der Waals surface area (Å²) in [5.74, 6) is -1.60. The van der Waals surface area contributed by atoms with E-state index in [1.165, 1.54) is 12.1 Å². The SMILES string of the molecule is CC(CCNCc1ccc(C(N)=O)cc1F)CCC(=O)O. The van der Waals surface area contributed by atoms with Crippen LogP contribution in [0, 0.1) is 11.7 Å². The fourth-order valence-corrected chi connectivity index (χ4v) is 1.93. The zero-order valence-corrected chi connectivity index (χ0v) is 12.1. The Hall–Kier alpha value is -1.95. The second-order valence-electron chi connectivity index (χ2n) is 5.17. The quantitative estimate of drug-likeness (QED) is 0.607. The number of hydrogen-bond acceptors (Lipinski definition) is 3. The highest BCUT2D eigenvalue weighted by Gasteiger charge is 2.08. The standard InChI is InChI=1S/C15H21FN2O3/c1-10(2-5-14(19)20)6-7-18-9-12-4-3-11(15(17)21)8-13(12)16/h3-4,8,10,18H,2,5-7,9H2,1H3,(H2,17,21)(H,19,20). The van der Waals surface area contributed by atoms with Crippen LogP contribution >= 0.6 is 0 Å². The van der Waals surface area contributed by atoms with Crippen molar-refractivity contribution in [2.75, 3.05) is 6.54 Å². The molecule has 0 aliphatic heterocycles. The predicted octanol–water partition coefficient (Wildman–Crippen LogP) is 1.91. The fourth-order valence-electron chi connectivity index (χ4n) is 1.93. The number of nitrogens with one attached hydrogen (secondary N) is 1. The Balaban J connectivity index is 2.33. The minimum absolute atomic E-state index is 0.151. The molecule has 0 spiro atoms. The van der Waals surface area contributed by atoms with E-state index in [1.54, 1.807) is 0 Å². The molecule has 6 heteroatoms. The van der Waals surface area contributed by atoms with Crippen LogP contribution in [-0.2, 0) is 11.3 Å². The van der Waals surface area contributed by atoms with Crippen molar-refractivity contribution in [3.63, 3.8) is 0 Å². The van der Waals surface area contributed by atoms with Gasteiger partial charge in [-0.05, 0) is 37.4 Å². The van der Waals surface area contributed by atoms with Crippen LogP contribution in [0.4, 0.5) is 4.39 Å². The zero-order chi connectivity index (χ0) is 15.8. The molecule has 0 heterocycles. The molecule has 1 amide bonds. The van der Waals surface area contributed by atoms with E-state index >= 15 is 0 Å². The van der Waals surface area contributed by atoms with Gasteiger partial charge in [-0.2, -0.15) is 0 Å². The summed E-state index contributed by atoms with van der Waals surface area (Å²) in [5.41, 5.74) is 5.70. The van der Waals surface area contributed by atoms with Crippen molar-refractivity contribution in [1.29, 1.82) is 0 Å². The number of carbonyl (C=O) groups is 2. The molecule has 0 aliphatic carbocycles. The van der Waals surface area contributed by atoms with Crippen molar-refractivity contribution in [2.45, 2.75) is 32.7 Å². The van der Waals surface area contributed by atoms with Gasteiger partial charge in [0.1, 0.15) is 5.82 Å². The summed E-state index contributed by atoms with van der Waals surface area (Å²) < 4.78 is 13.7. The molecule has 0 saturated heterocycles. The molecule has 1 aromatic carbocycles. The van der Waals surface area contributed by atoms with E-state index in [2.05, 4.69) is 5.32 Å². The third kappa shape index (κ3) is 6.35. The molecular formula is C15H21FN2O3. The number of nitrogens with two attached hydrogens (primary N) is 1. The van der Waals surface area contributed by atoms with Crippen LogP contribution in [0.5, 0.6) is 0 Å². The van der Waals surface area contributed by atoms with Crippen LogP contribution in [0.2, 0.25) is 0 Å². The van der Waals surface area contributed by atoms with E-state index in [-0.39, 0.29) is 12.0 Å². The number of amides is 1. The monoisotopic (exact) mass is 296 g/mol. The Kier molecular flexibility index (Phi) is 6.81. The van der Waals surface area contributed by atoms with Gasteiger partial charge < -0.3 is 16.2 Å². The Morgan fingerprint density at radius 3 is 2.67 bits per heavy atom. The predicted molar refractivity (Wildman–Crippen MR) is 77.3 cm³/mol. The number of carbonyl (C=O) groups excluding carboxylic acids is 1. The smallest absolute Gasteiger partial charge is 0.303 e. The first-order valence-corrected chi connectivity index (χ1v) is 6.91. The van der Waals surface area contributed by atoms with Crippen LogP contribution in [0.25, 0.3) is 0 Å². The van der Waals surface area contributed by atoms with Gasteiger partial charge in [-0.3, -0.25) is 9.59 Å². The van der Waals surface area contributed by atoms with E-state index in [1.807, 2.05) is 6.92 Å². The van der Waals surface area contributed by atoms with Gasteiger partial charge in [0.2, 0.25) is 5.91 Å². The van der Waals surface area contributed by atoms with Gasteiger partial charge in [-0.25, -0.2) is 4.39 Å². The third-order valence-electron chi connectivity index (χ3n) is 3.32. The second-order valence-corrected chi connectivity index (χ2v) is 5.17. The molecule has 1 unspecified atom stereocenters. The van der Waals surface area contributed by atoms with Gasteiger partial charge in [-0.1, -0.05) is 13.0 Å². The molecule has 0 fully saturated rings. The van der Waals surface area contributed by atoms with E-state index in [9.17, 15) is 14.0 Å². The highest BCUT2D eigenvalue weighted by atomic mass is 19.1. The molecular weight excluding hydrogens is 275 g/mol. The number of carboxylic acid groups (broad SMARTS) is 1. The molecule has 1 aromatic rings. The summed E-state index contributed by atoms with van der Waals surface area (Å²) in [6.45, 7) is 3.03. The van der Waals surface area contributed by atoms with Crippen molar-refractivity contribution >= 4 is 11.9 Å². The van der Waals surface area contributed by atoms with Gasteiger partial charge in [0.25, 0.3) is 0 Å². The van der Waals surface area contributed by atoms with Crippen LogP contribution < -0.4 is 11.1 Å². The Morgan fingerprint density at radius 1 is 1.38 bits per heavy atom. The summed E-state index contributed by atoms with van der Waals surface area (Å²) in [4.78, 5) is 21.3. The number of aliphatic carboxylic acids is 1. The van der Waals surface area contributed by atoms with E-state index < -0.39 is 17.7 Å². The molecule has 0 aromatic heterocycles. The Labute approximate surface area is 123 Å². The summed E-state index contributed by atoms with van der Waals surface area (Å²) in [6, 6.07) is 4.17. The summed E-state index contributed by atoms with van der Waals surface area (Å²) in [6.07, 6.45) is 1.64. The number of benzene rings is 1. The van der Waals surface area contributed by atoms with Gasteiger partial charge in [0, 0.05) is 24.1 Å². The number of carboxylic acids is 1. The Bertz CT molecular complexity index is 506. The molecule has 21 heavy (non-hydrogen) atoms. The van der Waals surface area contributed by atoms with Crippen molar-refractivity contribution in [2.24, 2.45) is 11.7 Å². The molecule has 0 bridgehead atoms. The minimum atomic E-state index is -0.786. The first-order chi connectivity index (χ1) is 9.90. The maximum atomic E-state index is 13.7. The largest absolute Gasteiger partial charge is 0.481 e. The lowest BCUT2D eigenvalue weighted by Gasteiger charge is -2.11. The highest BCUT2D eigenvalue weighted by molar-refractivity contribution is 5.92. The van der Waals surface area contributed by atoms with Crippen molar-refractivity contribution in [1.82, 2.24) is 5.32 Å². The van der Waals surface area contributed by atoms with Gasteiger partial charge in [-0.15, -0.1) is 0 Å². The van der Waals surface area contributed by atoms with Crippen LogP contribution in [0.15, 0.2) is 18.2 Å². The molecule has 4 N–H and O–H groups in total. The molecule has 1 rings (SSSR count). The molecule has 116 valence electrons. The molecule has 0 aliphatic rings. The summed E-state index contributed by atoms with van der Waals surface area (Å²) in [7, 11) is 0. The average Bonchev–Trinajstić information content (AvgIpc) is 2.42. The summed E-state index contributed by atoms with van der Waals surface area (Å²) in [5, 5.41) is 11.7. The molecule has 1 atom stereocenters. The number of hydrogen-bond donors (Lipinski definition) is 3. The fraction of sp³-hybridized carbons (Fsp3) is 0.467. The van der Waals surface area contributed by atoms with Crippen molar-refractivity contribution < 1.29 is 19.1 Å². The normalized spacial score (nSPS) is 12.1. The first-order valence-electron chi connectivity index (χ1n) is 6.91. The number of halogens is 1. The lowest BCUT2D eigenvalue weighted by Crippen LogP contribution is -2.18. The minimum Gasteiger partial charge on any atom is -0.481 e. The van der Waals surface area contributed by atoms with E-state index in [0.29, 0.717) is 31.0 Å². The van der Waals surface area contributed by atoms with Crippen LogP contribution in [0.1, 0.15) is 42.1 Å². The third-order valence-corrected chi connectivity index (χ3v) is 3.32. The van der Waals surface area contributed by atoms with Gasteiger partial charge >= 0.3 is 5.97 Å². The molecule has 5 nitrogen and oxygen atoms in total. The lowest BCUT2D eigenvalue weighted by molar-refractivity contribution is -0.137. The second kappa shape index (κ2) is 8.36. The van der Waals surface area contributed by atoms with Gasteiger partial charge in [0.05, 0.1) is 0 Å². The lowest BCUT2D eigenvalue weighted by atomic mass is 10.0. The van der Waals surface area contributed by atoms with Crippen LogP contribution in [-0.4, -0.2) is 23.5 Å². The highest BCUT2D eigenvalue weighted by Crippen LogP contribution is 2.11. The van der Waals surface area contributed by atoms with E-state index in [4.69, 9.17) is 10.8 Å². The number of primary amides is 1. The van der Waals surface area contributed by atoms with E-state index in [0.717, 1.165) is 12.5 Å². The van der Waals surface area contributed by atoms with Gasteiger partial charge in [0.15, 0.2) is 0 Å².